The molecule has 2 fully saturated rings. The van der Waals surface area contributed by atoms with Crippen LogP contribution in [-0.4, -0.2) is 50.7 Å². The quantitative estimate of drug-likeness (QED) is 0.532. The van der Waals surface area contributed by atoms with Gasteiger partial charge in [0.05, 0.1) is 16.9 Å². The fourth-order valence-corrected chi connectivity index (χ4v) is 8.70. The normalized spacial score (nSPS) is 38.7. The summed E-state index contributed by atoms with van der Waals surface area (Å²) in [6.45, 7) is 12.0. The van der Waals surface area contributed by atoms with Crippen molar-refractivity contribution in [2.75, 3.05) is 0 Å². The Morgan fingerprint density at radius 3 is 2.16 bits per heavy atom. The van der Waals surface area contributed by atoms with E-state index in [1.807, 2.05) is 20.8 Å². The Morgan fingerprint density at radius 1 is 0.974 bits per heavy atom. The molecule has 4 rings (SSSR count). The van der Waals surface area contributed by atoms with Crippen LogP contribution in [0.25, 0.3) is 0 Å². The minimum Gasteiger partial charge on any atom is -0.481 e. The van der Waals surface area contributed by atoms with Crippen LogP contribution in [0.1, 0.15) is 93.4 Å². The second kappa shape index (κ2) is 8.51. The van der Waals surface area contributed by atoms with Crippen LogP contribution in [0.15, 0.2) is 11.1 Å². The molecule has 4 aliphatic carbocycles. The van der Waals surface area contributed by atoms with Crippen molar-refractivity contribution in [3.63, 3.8) is 0 Å². The number of aliphatic carboxylic acids is 1. The third-order valence-corrected chi connectivity index (χ3v) is 11.1. The van der Waals surface area contributed by atoms with Gasteiger partial charge in [-0.2, -0.15) is 0 Å². The first-order chi connectivity index (χ1) is 17.2. The van der Waals surface area contributed by atoms with Crippen LogP contribution in [0.4, 0.5) is 0 Å². The van der Waals surface area contributed by atoms with E-state index in [4.69, 9.17) is 5.11 Å². The molecule has 8 nitrogen and oxygen atoms in total. The summed E-state index contributed by atoms with van der Waals surface area (Å²) in [4.78, 5) is 78.5. The minimum atomic E-state index is -1.68. The first-order valence-electron chi connectivity index (χ1n) is 13.6. The molecule has 208 valence electrons. The van der Waals surface area contributed by atoms with Crippen molar-refractivity contribution in [1.82, 2.24) is 0 Å². The number of hydrogen-bond donors (Lipinski definition) is 2. The van der Waals surface area contributed by atoms with Gasteiger partial charge in [0.15, 0.2) is 11.6 Å². The van der Waals surface area contributed by atoms with Crippen LogP contribution < -0.4 is 0 Å². The molecule has 0 radical (unpaired) electrons. The summed E-state index contributed by atoms with van der Waals surface area (Å²) in [5, 5.41) is 20.8. The lowest BCUT2D eigenvalue weighted by Crippen LogP contribution is -2.60. The standard InChI is InChI=1S/C30H40O8/c1-15(25(36)37)10-16(31)13-29(6,38)20-12-22(35)30(7)24-17(32)11-19-26(2,3)21(34)8-9-27(19,4)23(24)18(33)14-28(20,30)5/h15,19-20,38H,8-14H2,1-7H3,(H,36,37)/t15-,19+,20-,27-,28+,29-,30+/m0/s1. The lowest BCUT2D eigenvalue weighted by Gasteiger charge is -2.58. The number of aliphatic hydroxyl groups is 1. The van der Waals surface area contributed by atoms with E-state index in [0.29, 0.717) is 18.4 Å². The number of ketones is 5. The molecular formula is C30H40O8. The summed E-state index contributed by atoms with van der Waals surface area (Å²) in [5.41, 5.74) is -4.97. The zero-order valence-corrected chi connectivity index (χ0v) is 23.5. The summed E-state index contributed by atoms with van der Waals surface area (Å²) in [6.07, 6.45) is 0.0682. The summed E-state index contributed by atoms with van der Waals surface area (Å²) in [5.74, 6) is -4.26. The number of allylic oxidation sites excluding steroid dienone is 2. The summed E-state index contributed by atoms with van der Waals surface area (Å²) in [6, 6.07) is 0. The molecule has 4 aliphatic rings. The van der Waals surface area contributed by atoms with Crippen molar-refractivity contribution in [3.8, 4) is 0 Å². The van der Waals surface area contributed by atoms with E-state index in [-0.39, 0.29) is 66.7 Å². The average molecular weight is 529 g/mol. The van der Waals surface area contributed by atoms with Crippen LogP contribution in [-0.2, 0) is 28.8 Å². The summed E-state index contributed by atoms with van der Waals surface area (Å²) < 4.78 is 0. The molecule has 0 aliphatic heterocycles. The Balaban J connectivity index is 1.80. The van der Waals surface area contributed by atoms with Gasteiger partial charge in [-0.15, -0.1) is 0 Å². The first kappa shape index (κ1) is 28.5. The second-order valence-corrected chi connectivity index (χ2v) is 13.8. The van der Waals surface area contributed by atoms with Gasteiger partial charge in [-0.1, -0.05) is 34.6 Å². The van der Waals surface area contributed by atoms with Gasteiger partial charge in [-0.25, -0.2) is 0 Å². The smallest absolute Gasteiger partial charge is 0.306 e. The summed E-state index contributed by atoms with van der Waals surface area (Å²) >= 11 is 0. The van der Waals surface area contributed by atoms with Crippen molar-refractivity contribution >= 4 is 34.9 Å². The summed E-state index contributed by atoms with van der Waals surface area (Å²) in [7, 11) is 0. The number of Topliss-reactive ketones (excluding diaryl/α,β-unsaturated/α-hetero) is 5. The van der Waals surface area contributed by atoms with Gasteiger partial charge in [-0.05, 0) is 31.6 Å². The molecule has 8 heteroatoms. The highest BCUT2D eigenvalue weighted by Crippen LogP contribution is 2.70. The van der Waals surface area contributed by atoms with Gasteiger partial charge in [0.2, 0.25) is 0 Å². The monoisotopic (exact) mass is 528 g/mol. The fourth-order valence-electron chi connectivity index (χ4n) is 8.70. The Kier molecular flexibility index (Phi) is 6.39. The molecule has 2 N–H and O–H groups in total. The zero-order valence-electron chi connectivity index (χ0n) is 23.5. The third-order valence-electron chi connectivity index (χ3n) is 11.1. The molecule has 0 bridgehead atoms. The molecule has 0 aromatic rings. The molecular weight excluding hydrogens is 488 g/mol. The van der Waals surface area contributed by atoms with Crippen LogP contribution >= 0.6 is 0 Å². The highest BCUT2D eigenvalue weighted by Gasteiger charge is 2.72. The number of carbonyl (C=O) groups is 6. The van der Waals surface area contributed by atoms with Crippen molar-refractivity contribution in [1.29, 1.82) is 0 Å². The molecule has 2 saturated carbocycles. The van der Waals surface area contributed by atoms with Crippen molar-refractivity contribution in [3.05, 3.63) is 11.1 Å². The number of carboxylic acids is 1. The molecule has 0 heterocycles. The van der Waals surface area contributed by atoms with Crippen LogP contribution in [0, 0.1) is 39.4 Å². The number of rotatable bonds is 6. The van der Waals surface area contributed by atoms with E-state index in [9.17, 15) is 33.9 Å². The van der Waals surface area contributed by atoms with Gasteiger partial charge in [0.1, 0.15) is 17.3 Å². The second-order valence-electron chi connectivity index (χ2n) is 13.8. The Bertz CT molecular complexity index is 1200. The lowest BCUT2D eigenvalue weighted by molar-refractivity contribution is -0.150. The van der Waals surface area contributed by atoms with Crippen LogP contribution in [0.2, 0.25) is 0 Å². The van der Waals surface area contributed by atoms with E-state index in [0.717, 1.165) is 0 Å². The molecule has 0 spiro atoms. The molecule has 7 atom stereocenters. The highest BCUT2D eigenvalue weighted by atomic mass is 16.4. The van der Waals surface area contributed by atoms with Crippen LogP contribution in [0.3, 0.4) is 0 Å². The lowest BCUT2D eigenvalue weighted by atomic mass is 9.42. The van der Waals surface area contributed by atoms with Gasteiger partial charge >= 0.3 is 5.97 Å². The number of carbonyl (C=O) groups excluding carboxylic acids is 5. The molecule has 0 amide bonds. The van der Waals surface area contributed by atoms with E-state index in [2.05, 4.69) is 0 Å². The molecule has 0 aromatic carbocycles. The molecule has 38 heavy (non-hydrogen) atoms. The maximum atomic E-state index is 14.0. The van der Waals surface area contributed by atoms with E-state index in [1.165, 1.54) is 13.8 Å². The molecule has 0 aromatic heterocycles. The number of carboxylic acid groups (broad SMARTS) is 1. The SMILES string of the molecule is C[C@@H](CC(=O)C[C@](C)(O)[C@H]1CC(=O)[C@]2(C)C3=C(C(=O)C[C@]12C)[C@@]1(C)CCC(=O)C(C)(C)[C@H]1CC3=O)C(=O)O. The van der Waals surface area contributed by atoms with Crippen molar-refractivity contribution < 1.29 is 39.0 Å². The third kappa shape index (κ3) is 3.65. The molecule has 0 unspecified atom stereocenters. The van der Waals surface area contributed by atoms with E-state index < -0.39 is 50.8 Å². The number of fused-ring (bicyclic) bond motifs is 4. The minimum absolute atomic E-state index is 0.0570. The zero-order chi connectivity index (χ0) is 28.8. The maximum Gasteiger partial charge on any atom is 0.306 e. The van der Waals surface area contributed by atoms with Crippen molar-refractivity contribution in [2.24, 2.45) is 39.4 Å². The van der Waals surface area contributed by atoms with E-state index in [1.54, 1.807) is 13.8 Å². The van der Waals surface area contributed by atoms with Crippen molar-refractivity contribution in [2.45, 2.75) is 99.0 Å². The van der Waals surface area contributed by atoms with Crippen LogP contribution in [0.5, 0.6) is 0 Å². The van der Waals surface area contributed by atoms with Gasteiger partial charge in [-0.3, -0.25) is 28.8 Å². The Hall–Kier alpha value is -2.48. The topological polar surface area (TPSA) is 143 Å². The maximum absolute atomic E-state index is 14.0. The molecule has 0 saturated heterocycles. The Morgan fingerprint density at radius 2 is 1.58 bits per heavy atom. The van der Waals surface area contributed by atoms with Gasteiger partial charge < -0.3 is 10.2 Å². The predicted molar refractivity (Wildman–Crippen MR) is 137 cm³/mol. The highest BCUT2D eigenvalue weighted by molar-refractivity contribution is 6.16. The largest absolute Gasteiger partial charge is 0.481 e. The Labute approximate surface area is 223 Å². The first-order valence-corrected chi connectivity index (χ1v) is 13.6. The van der Waals surface area contributed by atoms with Gasteiger partial charge in [0, 0.05) is 66.4 Å². The average Bonchev–Trinajstić information content (AvgIpc) is 2.99. The fraction of sp³-hybridized carbons (Fsp3) is 0.733. The predicted octanol–water partition coefficient (Wildman–Crippen LogP) is 3.66. The van der Waals surface area contributed by atoms with E-state index >= 15 is 0 Å². The number of hydrogen-bond acceptors (Lipinski definition) is 7. The van der Waals surface area contributed by atoms with Gasteiger partial charge in [0.25, 0.3) is 0 Å².